The number of hydrogen-bond donors (Lipinski definition) is 1. The second kappa shape index (κ2) is 6.15. The molecule has 0 aliphatic rings. The van der Waals surface area contributed by atoms with Crippen LogP contribution in [0.15, 0.2) is 24.4 Å². The van der Waals surface area contributed by atoms with E-state index in [1.165, 1.54) is 0 Å². The summed E-state index contributed by atoms with van der Waals surface area (Å²) in [5.74, 6) is 2.05. The summed E-state index contributed by atoms with van der Waals surface area (Å²) in [7, 11) is 3.44. The Morgan fingerprint density at radius 1 is 1.40 bits per heavy atom. The average Bonchev–Trinajstić information content (AvgIpc) is 2.76. The number of aromatic nitrogens is 2. The van der Waals surface area contributed by atoms with Crippen LogP contribution in [0.5, 0.6) is 11.5 Å². The molecule has 20 heavy (non-hydrogen) atoms. The highest BCUT2D eigenvalue weighted by Gasteiger charge is 2.10. The number of ether oxygens (including phenoxy) is 2. The van der Waals surface area contributed by atoms with E-state index in [9.17, 15) is 0 Å². The molecule has 6 heteroatoms. The largest absolute Gasteiger partial charge is 0.493 e. The fourth-order valence-corrected chi connectivity index (χ4v) is 1.93. The lowest BCUT2D eigenvalue weighted by atomic mass is 10.1. The maximum absolute atomic E-state index is 5.93. The van der Waals surface area contributed by atoms with Gasteiger partial charge in [0.15, 0.2) is 11.5 Å². The predicted molar refractivity (Wildman–Crippen MR) is 78.1 cm³/mol. The molecular weight excluding hydrogens is 278 g/mol. The molecule has 1 aromatic carbocycles. The molecule has 1 atom stereocenters. The lowest BCUT2D eigenvalue weighted by Gasteiger charge is -2.13. The van der Waals surface area contributed by atoms with Gasteiger partial charge in [-0.2, -0.15) is 0 Å². The summed E-state index contributed by atoms with van der Waals surface area (Å²) in [6.45, 7) is 2.24. The number of hydrogen-bond acceptors (Lipinski definition) is 4. The lowest BCUT2D eigenvalue weighted by Crippen LogP contribution is -2.07. The SMILES string of the molecule is COc1cc([C@H](C)N)ccc1OCc1ncc(Cl)n1C. The number of halogens is 1. The Morgan fingerprint density at radius 3 is 2.70 bits per heavy atom. The second-order valence-electron chi connectivity index (χ2n) is 4.54. The monoisotopic (exact) mass is 295 g/mol. The maximum Gasteiger partial charge on any atom is 0.161 e. The van der Waals surface area contributed by atoms with Crippen molar-refractivity contribution in [3.05, 3.63) is 40.9 Å². The molecule has 0 spiro atoms. The molecule has 0 radical (unpaired) electrons. The van der Waals surface area contributed by atoms with Gasteiger partial charge in [0.25, 0.3) is 0 Å². The fourth-order valence-electron chi connectivity index (χ4n) is 1.79. The summed E-state index contributed by atoms with van der Waals surface area (Å²) in [5, 5.41) is 0.572. The number of benzene rings is 1. The number of rotatable bonds is 5. The topological polar surface area (TPSA) is 62.3 Å². The third kappa shape index (κ3) is 3.05. The summed E-state index contributed by atoms with van der Waals surface area (Å²) < 4.78 is 12.8. The summed E-state index contributed by atoms with van der Waals surface area (Å²) >= 11 is 5.93. The summed E-state index contributed by atoms with van der Waals surface area (Å²) in [6, 6.07) is 5.60. The van der Waals surface area contributed by atoms with Crippen molar-refractivity contribution in [3.63, 3.8) is 0 Å². The molecule has 2 aromatic rings. The minimum absolute atomic E-state index is 0.0497. The van der Waals surface area contributed by atoms with E-state index in [0.717, 1.165) is 11.4 Å². The van der Waals surface area contributed by atoms with Gasteiger partial charge in [-0.15, -0.1) is 0 Å². The van der Waals surface area contributed by atoms with Crippen molar-refractivity contribution in [3.8, 4) is 11.5 Å². The normalized spacial score (nSPS) is 12.2. The molecular formula is C14H18ClN3O2. The smallest absolute Gasteiger partial charge is 0.161 e. The van der Waals surface area contributed by atoms with E-state index in [4.69, 9.17) is 26.8 Å². The minimum Gasteiger partial charge on any atom is -0.493 e. The Morgan fingerprint density at radius 2 is 2.15 bits per heavy atom. The van der Waals surface area contributed by atoms with E-state index in [1.54, 1.807) is 17.9 Å². The zero-order valence-corrected chi connectivity index (χ0v) is 12.5. The first-order valence-corrected chi connectivity index (χ1v) is 6.63. The minimum atomic E-state index is -0.0497. The molecule has 2 rings (SSSR count). The van der Waals surface area contributed by atoms with Crippen LogP contribution < -0.4 is 15.2 Å². The zero-order valence-electron chi connectivity index (χ0n) is 11.8. The molecule has 0 fully saturated rings. The number of methoxy groups -OCH3 is 1. The van der Waals surface area contributed by atoms with Crippen LogP contribution in [-0.4, -0.2) is 16.7 Å². The molecule has 0 saturated carbocycles. The summed E-state index contributed by atoms with van der Waals surface area (Å²) in [5.41, 5.74) is 6.85. The quantitative estimate of drug-likeness (QED) is 0.921. The van der Waals surface area contributed by atoms with Gasteiger partial charge in [0.2, 0.25) is 0 Å². The number of nitrogens with two attached hydrogens (primary N) is 1. The van der Waals surface area contributed by atoms with Crippen molar-refractivity contribution in [2.24, 2.45) is 12.8 Å². The van der Waals surface area contributed by atoms with Crippen LogP contribution in [0, 0.1) is 0 Å². The van der Waals surface area contributed by atoms with E-state index >= 15 is 0 Å². The molecule has 2 N–H and O–H groups in total. The predicted octanol–water partition coefficient (Wildman–Crippen LogP) is 2.68. The molecule has 0 aliphatic carbocycles. The van der Waals surface area contributed by atoms with Gasteiger partial charge < -0.3 is 19.8 Å². The molecule has 0 bridgehead atoms. The Hall–Kier alpha value is -1.72. The van der Waals surface area contributed by atoms with Crippen molar-refractivity contribution < 1.29 is 9.47 Å². The average molecular weight is 296 g/mol. The third-order valence-electron chi connectivity index (χ3n) is 3.10. The molecule has 108 valence electrons. The van der Waals surface area contributed by atoms with Gasteiger partial charge >= 0.3 is 0 Å². The maximum atomic E-state index is 5.93. The van der Waals surface area contributed by atoms with Gasteiger partial charge in [0, 0.05) is 13.1 Å². The molecule has 1 heterocycles. The summed E-state index contributed by atoms with van der Waals surface area (Å²) in [4.78, 5) is 4.18. The highest BCUT2D eigenvalue weighted by Crippen LogP contribution is 2.30. The van der Waals surface area contributed by atoms with E-state index in [2.05, 4.69) is 4.98 Å². The van der Waals surface area contributed by atoms with E-state index < -0.39 is 0 Å². The molecule has 5 nitrogen and oxygen atoms in total. The fraction of sp³-hybridized carbons (Fsp3) is 0.357. The Balaban J connectivity index is 2.15. The molecule has 0 aliphatic heterocycles. The molecule has 0 saturated heterocycles. The Kier molecular flexibility index (Phi) is 4.52. The lowest BCUT2D eigenvalue weighted by molar-refractivity contribution is 0.273. The van der Waals surface area contributed by atoms with Crippen molar-refractivity contribution in [2.75, 3.05) is 7.11 Å². The Labute approximate surface area is 123 Å². The molecule has 0 unspecified atom stereocenters. The second-order valence-corrected chi connectivity index (χ2v) is 4.93. The van der Waals surface area contributed by atoms with Crippen molar-refractivity contribution >= 4 is 11.6 Å². The first-order chi connectivity index (χ1) is 9.52. The van der Waals surface area contributed by atoms with E-state index in [0.29, 0.717) is 23.3 Å². The molecule has 0 amide bonds. The van der Waals surface area contributed by atoms with Gasteiger partial charge in [-0.25, -0.2) is 4.98 Å². The standard InChI is InChI=1S/C14H18ClN3O2/c1-9(16)10-4-5-11(12(6-10)19-3)20-8-14-17-7-13(15)18(14)2/h4-7,9H,8,16H2,1-3H3/t9-/m0/s1. The van der Waals surface area contributed by atoms with Gasteiger partial charge in [-0.05, 0) is 24.6 Å². The van der Waals surface area contributed by atoms with Crippen LogP contribution >= 0.6 is 11.6 Å². The van der Waals surface area contributed by atoms with Gasteiger partial charge in [0.05, 0.1) is 13.3 Å². The molecule has 1 aromatic heterocycles. The van der Waals surface area contributed by atoms with Crippen LogP contribution in [0.3, 0.4) is 0 Å². The summed E-state index contributed by atoms with van der Waals surface area (Å²) in [6.07, 6.45) is 1.59. The van der Waals surface area contributed by atoms with Crippen molar-refractivity contribution in [2.45, 2.75) is 19.6 Å². The van der Waals surface area contributed by atoms with Gasteiger partial charge in [-0.3, -0.25) is 0 Å². The third-order valence-corrected chi connectivity index (χ3v) is 3.45. The van der Waals surface area contributed by atoms with Crippen molar-refractivity contribution in [1.82, 2.24) is 9.55 Å². The van der Waals surface area contributed by atoms with Crippen LogP contribution in [0.2, 0.25) is 5.15 Å². The van der Waals surface area contributed by atoms with E-state index in [-0.39, 0.29) is 6.04 Å². The van der Waals surface area contributed by atoms with Crippen LogP contribution in [0.25, 0.3) is 0 Å². The number of imidazole rings is 1. The van der Waals surface area contributed by atoms with E-state index in [1.807, 2.05) is 32.2 Å². The highest BCUT2D eigenvalue weighted by atomic mass is 35.5. The van der Waals surface area contributed by atoms with Crippen molar-refractivity contribution in [1.29, 1.82) is 0 Å². The van der Waals surface area contributed by atoms with Crippen LogP contribution in [0.1, 0.15) is 24.4 Å². The number of nitrogens with zero attached hydrogens (tertiary/aromatic N) is 2. The highest BCUT2D eigenvalue weighted by molar-refractivity contribution is 6.29. The first kappa shape index (κ1) is 14.7. The van der Waals surface area contributed by atoms with Crippen LogP contribution in [0.4, 0.5) is 0 Å². The first-order valence-electron chi connectivity index (χ1n) is 6.25. The van der Waals surface area contributed by atoms with Gasteiger partial charge in [0.1, 0.15) is 17.6 Å². The van der Waals surface area contributed by atoms with Gasteiger partial charge in [-0.1, -0.05) is 17.7 Å². The van der Waals surface area contributed by atoms with Crippen LogP contribution in [-0.2, 0) is 13.7 Å². The Bertz CT molecular complexity index is 596. The zero-order chi connectivity index (χ0) is 14.7.